The van der Waals surface area contributed by atoms with Crippen LogP contribution in [0.3, 0.4) is 0 Å². The quantitative estimate of drug-likeness (QED) is 0.204. The Bertz CT molecular complexity index is 173. The van der Waals surface area contributed by atoms with Crippen LogP contribution >= 0.6 is 0 Å². The van der Waals surface area contributed by atoms with Crippen molar-refractivity contribution in [3.8, 4) is 0 Å². The molecular formula is C5H10N4O2. The summed E-state index contributed by atoms with van der Waals surface area (Å²) in [5.74, 6) is 8.52. The van der Waals surface area contributed by atoms with Gasteiger partial charge in [0.2, 0.25) is 11.8 Å². The Hall–Kier alpha value is -1.14. The fourth-order valence-electron chi connectivity index (χ4n) is 0.989. The number of nitrogens with one attached hydrogen (secondary N) is 2. The molecule has 0 saturated heterocycles. The Balaban J connectivity index is 2.37. The van der Waals surface area contributed by atoms with Gasteiger partial charge in [-0.3, -0.25) is 20.4 Å². The molecule has 0 unspecified atom stereocenters. The van der Waals surface area contributed by atoms with E-state index in [1.54, 1.807) is 0 Å². The summed E-state index contributed by atoms with van der Waals surface area (Å²) in [4.78, 5) is 21.5. The Morgan fingerprint density at radius 2 is 1.45 bits per heavy atom. The highest BCUT2D eigenvalue weighted by Gasteiger charge is 2.47. The molecule has 0 heterocycles. The van der Waals surface area contributed by atoms with E-state index in [1.165, 1.54) is 0 Å². The van der Waals surface area contributed by atoms with Gasteiger partial charge in [-0.1, -0.05) is 0 Å². The number of rotatable bonds is 2. The molecule has 1 saturated carbocycles. The number of nitrogens with two attached hydrogens (primary N) is 2. The normalized spacial score (nSPS) is 27.5. The first-order valence-corrected chi connectivity index (χ1v) is 3.21. The van der Waals surface area contributed by atoms with Crippen LogP contribution in [0.1, 0.15) is 6.42 Å². The second-order valence-electron chi connectivity index (χ2n) is 2.47. The molecule has 1 rings (SSSR count). The van der Waals surface area contributed by atoms with Crippen molar-refractivity contribution in [3.05, 3.63) is 0 Å². The predicted octanol–water partition coefficient (Wildman–Crippen LogP) is -2.40. The van der Waals surface area contributed by atoms with E-state index in [9.17, 15) is 9.59 Å². The lowest BCUT2D eigenvalue weighted by Crippen LogP contribution is -2.36. The first-order valence-electron chi connectivity index (χ1n) is 3.21. The van der Waals surface area contributed by atoms with Crippen LogP contribution in [-0.4, -0.2) is 11.8 Å². The van der Waals surface area contributed by atoms with Crippen molar-refractivity contribution < 1.29 is 9.59 Å². The van der Waals surface area contributed by atoms with Crippen molar-refractivity contribution in [1.29, 1.82) is 0 Å². The highest BCUT2D eigenvalue weighted by Crippen LogP contribution is 2.38. The summed E-state index contributed by atoms with van der Waals surface area (Å²) in [5, 5.41) is 0. The van der Waals surface area contributed by atoms with Gasteiger partial charge in [-0.05, 0) is 6.42 Å². The van der Waals surface area contributed by atoms with E-state index >= 15 is 0 Å². The third-order valence-electron chi connectivity index (χ3n) is 1.75. The SMILES string of the molecule is NNC(=O)[C@H]1C[C@H]1C(=O)NN. The zero-order valence-electron chi connectivity index (χ0n) is 5.83. The zero-order chi connectivity index (χ0) is 8.43. The monoisotopic (exact) mass is 158 g/mol. The number of carbonyl (C=O) groups excluding carboxylic acids is 2. The summed E-state index contributed by atoms with van der Waals surface area (Å²) in [6.07, 6.45) is 0.534. The molecule has 2 atom stereocenters. The molecule has 0 bridgehead atoms. The molecule has 0 aromatic carbocycles. The Morgan fingerprint density at radius 1 is 1.09 bits per heavy atom. The smallest absolute Gasteiger partial charge is 0.237 e. The Kier molecular flexibility index (Phi) is 2.06. The molecule has 1 aliphatic carbocycles. The molecule has 1 aliphatic rings. The van der Waals surface area contributed by atoms with Crippen LogP contribution in [0.4, 0.5) is 0 Å². The number of hydrogen-bond donors (Lipinski definition) is 4. The Labute approximate surface area is 63.2 Å². The molecule has 6 heteroatoms. The minimum absolute atomic E-state index is 0.288. The van der Waals surface area contributed by atoms with Crippen LogP contribution in [0.25, 0.3) is 0 Å². The van der Waals surface area contributed by atoms with E-state index in [0.29, 0.717) is 6.42 Å². The highest BCUT2D eigenvalue weighted by molar-refractivity contribution is 5.91. The molecule has 0 aromatic heterocycles. The van der Waals surface area contributed by atoms with E-state index in [-0.39, 0.29) is 23.7 Å². The molecule has 6 N–H and O–H groups in total. The van der Waals surface area contributed by atoms with E-state index in [4.69, 9.17) is 11.7 Å². The van der Waals surface area contributed by atoms with E-state index < -0.39 is 0 Å². The first kappa shape index (κ1) is 7.96. The lowest BCUT2D eigenvalue weighted by molar-refractivity contribution is -0.127. The molecule has 0 radical (unpaired) electrons. The third kappa shape index (κ3) is 1.47. The van der Waals surface area contributed by atoms with Crippen molar-refractivity contribution >= 4 is 11.8 Å². The third-order valence-corrected chi connectivity index (χ3v) is 1.75. The van der Waals surface area contributed by atoms with E-state index in [1.807, 2.05) is 10.9 Å². The average molecular weight is 158 g/mol. The number of hydrazine groups is 2. The molecule has 0 spiro atoms. The molecule has 0 aromatic rings. The maximum absolute atomic E-state index is 10.7. The topological polar surface area (TPSA) is 110 Å². The van der Waals surface area contributed by atoms with Crippen molar-refractivity contribution in [2.45, 2.75) is 6.42 Å². The fourth-order valence-corrected chi connectivity index (χ4v) is 0.989. The maximum atomic E-state index is 10.7. The standard InChI is InChI=1S/C5H10N4O2/c6-8-4(10)2-1-3(2)5(11)9-7/h2-3H,1,6-7H2,(H,8,10)(H,9,11)/t2-,3+. The van der Waals surface area contributed by atoms with Crippen LogP contribution in [0.2, 0.25) is 0 Å². The highest BCUT2D eigenvalue weighted by atomic mass is 16.2. The summed E-state index contributed by atoms with van der Waals surface area (Å²) >= 11 is 0. The van der Waals surface area contributed by atoms with Crippen molar-refractivity contribution in [2.75, 3.05) is 0 Å². The lowest BCUT2D eigenvalue weighted by atomic mass is 10.3. The van der Waals surface area contributed by atoms with Gasteiger partial charge in [0, 0.05) is 0 Å². The van der Waals surface area contributed by atoms with Crippen molar-refractivity contribution in [1.82, 2.24) is 10.9 Å². The molecule has 0 aliphatic heterocycles. The molecule has 1 fully saturated rings. The van der Waals surface area contributed by atoms with Gasteiger partial charge in [-0.2, -0.15) is 0 Å². The summed E-state index contributed by atoms with van der Waals surface area (Å²) in [6.45, 7) is 0. The summed E-state index contributed by atoms with van der Waals surface area (Å²) in [7, 11) is 0. The summed E-state index contributed by atoms with van der Waals surface area (Å²) in [5.41, 5.74) is 3.95. The number of carbonyl (C=O) groups is 2. The average Bonchev–Trinajstić information content (AvgIpc) is 2.80. The second-order valence-corrected chi connectivity index (χ2v) is 2.47. The molecule has 62 valence electrons. The summed E-state index contributed by atoms with van der Waals surface area (Å²) < 4.78 is 0. The Morgan fingerprint density at radius 3 is 1.73 bits per heavy atom. The van der Waals surface area contributed by atoms with Crippen molar-refractivity contribution in [2.24, 2.45) is 23.5 Å². The van der Waals surface area contributed by atoms with Gasteiger partial charge in [0.25, 0.3) is 0 Å². The first-order chi connectivity index (χ1) is 5.20. The van der Waals surface area contributed by atoms with E-state index in [2.05, 4.69) is 0 Å². The van der Waals surface area contributed by atoms with Gasteiger partial charge in [-0.15, -0.1) is 0 Å². The van der Waals surface area contributed by atoms with E-state index in [0.717, 1.165) is 0 Å². The molecular weight excluding hydrogens is 148 g/mol. The van der Waals surface area contributed by atoms with Crippen LogP contribution in [0.5, 0.6) is 0 Å². The van der Waals surface area contributed by atoms with Gasteiger partial charge in [0.05, 0.1) is 11.8 Å². The minimum atomic E-state index is -0.307. The van der Waals surface area contributed by atoms with Gasteiger partial charge < -0.3 is 0 Å². The molecule has 11 heavy (non-hydrogen) atoms. The number of amides is 2. The number of hydrogen-bond acceptors (Lipinski definition) is 4. The zero-order valence-corrected chi connectivity index (χ0v) is 5.83. The maximum Gasteiger partial charge on any atom is 0.237 e. The van der Waals surface area contributed by atoms with Crippen LogP contribution in [0, 0.1) is 11.8 Å². The molecule has 6 nitrogen and oxygen atoms in total. The summed E-state index contributed by atoms with van der Waals surface area (Å²) in [6, 6.07) is 0. The van der Waals surface area contributed by atoms with Crippen LogP contribution in [-0.2, 0) is 9.59 Å². The molecule has 2 amide bonds. The second kappa shape index (κ2) is 2.85. The lowest BCUT2D eigenvalue weighted by Gasteiger charge is -1.96. The van der Waals surface area contributed by atoms with Gasteiger partial charge in [0.1, 0.15) is 0 Å². The minimum Gasteiger partial charge on any atom is -0.294 e. The largest absolute Gasteiger partial charge is 0.294 e. The van der Waals surface area contributed by atoms with Crippen LogP contribution in [0.15, 0.2) is 0 Å². The van der Waals surface area contributed by atoms with Crippen LogP contribution < -0.4 is 22.5 Å². The van der Waals surface area contributed by atoms with Gasteiger partial charge in [0.15, 0.2) is 0 Å². The van der Waals surface area contributed by atoms with Crippen molar-refractivity contribution in [3.63, 3.8) is 0 Å². The van der Waals surface area contributed by atoms with Gasteiger partial charge in [-0.25, -0.2) is 11.7 Å². The van der Waals surface area contributed by atoms with Gasteiger partial charge >= 0.3 is 0 Å². The fraction of sp³-hybridized carbons (Fsp3) is 0.600. The predicted molar refractivity (Wildman–Crippen MR) is 36.3 cm³/mol.